The van der Waals surface area contributed by atoms with E-state index in [0.717, 1.165) is 12.8 Å². The van der Waals surface area contributed by atoms with E-state index in [1.165, 1.54) is 61.5 Å². The Kier molecular flexibility index (Phi) is 7.97. The highest BCUT2D eigenvalue weighted by atomic mass is 14.9. The quantitative estimate of drug-likeness (QED) is 0.233. The van der Waals surface area contributed by atoms with Gasteiger partial charge >= 0.3 is 0 Å². The molecule has 0 aliphatic rings. The minimum absolute atomic E-state index is 0.508. The van der Waals surface area contributed by atoms with Crippen LogP contribution in [-0.2, 0) is 20.5 Å². The van der Waals surface area contributed by atoms with Crippen molar-refractivity contribution < 1.29 is 9.13 Å². The third-order valence-corrected chi connectivity index (χ3v) is 8.01. The lowest BCUT2D eigenvalue weighted by atomic mass is 9.90. The van der Waals surface area contributed by atoms with Crippen LogP contribution < -0.4 is 9.13 Å². The van der Waals surface area contributed by atoms with Gasteiger partial charge in [0.05, 0.1) is 0 Å². The summed E-state index contributed by atoms with van der Waals surface area (Å²) in [6, 6.07) is 20.7. The first kappa shape index (κ1) is 26.8. The molecule has 0 saturated carbocycles. The molecule has 37 heavy (non-hydrogen) atoms. The number of aryl methyl sites for hydroxylation is 7. The fraction of sp³-hybridized carbons (Fsp3) is 0.371. The number of rotatable bonds is 7. The van der Waals surface area contributed by atoms with Crippen LogP contribution in [0.3, 0.4) is 0 Å². The highest BCUT2D eigenvalue weighted by Crippen LogP contribution is 2.29. The normalized spacial score (nSPS) is 12.3. The van der Waals surface area contributed by atoms with Gasteiger partial charge in [-0.15, -0.1) is 0 Å². The van der Waals surface area contributed by atoms with E-state index in [1.54, 1.807) is 0 Å². The maximum atomic E-state index is 2.40. The fourth-order valence-corrected chi connectivity index (χ4v) is 5.50. The summed E-state index contributed by atoms with van der Waals surface area (Å²) in [4.78, 5) is 0. The summed E-state index contributed by atoms with van der Waals surface area (Å²) in [5.74, 6) is 1.05. The highest BCUT2D eigenvalue weighted by Gasteiger charge is 2.18. The smallest absolute Gasteiger partial charge is 0.201 e. The SMILES string of the molecule is Cc1ccc(-c2cc(C)c(CCC(C)c3ccc(-c4ccc(C(C)C)c[n+]4C)c(C)c3)c[n+]2C)c(C)c1. The van der Waals surface area contributed by atoms with Crippen molar-refractivity contribution in [2.45, 2.75) is 73.1 Å². The molecule has 0 aliphatic heterocycles. The van der Waals surface area contributed by atoms with Crippen molar-refractivity contribution in [3.05, 3.63) is 106 Å². The van der Waals surface area contributed by atoms with Crippen LogP contribution in [0.15, 0.2) is 67.0 Å². The molecule has 4 rings (SSSR count). The second-order valence-corrected chi connectivity index (χ2v) is 11.4. The number of hydrogen-bond donors (Lipinski definition) is 0. The van der Waals surface area contributed by atoms with Crippen molar-refractivity contribution in [2.75, 3.05) is 0 Å². The number of pyridine rings is 2. The second-order valence-electron chi connectivity index (χ2n) is 11.4. The number of aromatic nitrogens is 2. The van der Waals surface area contributed by atoms with Gasteiger partial charge < -0.3 is 0 Å². The zero-order chi connectivity index (χ0) is 26.9. The maximum Gasteiger partial charge on any atom is 0.212 e. The van der Waals surface area contributed by atoms with Gasteiger partial charge in [-0.05, 0) is 92.8 Å². The van der Waals surface area contributed by atoms with Gasteiger partial charge in [-0.1, -0.05) is 50.6 Å². The van der Waals surface area contributed by atoms with E-state index in [9.17, 15) is 0 Å². The average molecular weight is 493 g/mol. The first-order chi connectivity index (χ1) is 17.5. The van der Waals surface area contributed by atoms with Gasteiger partial charge in [0.15, 0.2) is 12.4 Å². The first-order valence-electron chi connectivity index (χ1n) is 13.7. The zero-order valence-electron chi connectivity index (χ0n) is 24.3. The molecular formula is C35H44N2+2. The molecule has 0 spiro atoms. The van der Waals surface area contributed by atoms with Crippen LogP contribution in [0, 0.1) is 27.7 Å². The standard InChI is InChI=1S/C35H44N2/c1-23(2)30-14-17-34(36(8)21-30)32-16-13-29(19-28(32)7)25(4)11-12-31-22-37(9)35(20-26(31)5)33-15-10-24(3)18-27(33)6/h10,13-23,25H,11-12H2,1-9H3/q+2. The molecule has 1 unspecified atom stereocenters. The van der Waals surface area contributed by atoms with Crippen LogP contribution in [0.5, 0.6) is 0 Å². The molecule has 192 valence electrons. The Bertz CT molecular complexity index is 1430. The van der Waals surface area contributed by atoms with Crippen LogP contribution >= 0.6 is 0 Å². The minimum Gasteiger partial charge on any atom is -0.201 e. The van der Waals surface area contributed by atoms with Gasteiger partial charge in [0, 0.05) is 34.4 Å². The van der Waals surface area contributed by atoms with E-state index < -0.39 is 0 Å². The molecule has 0 radical (unpaired) electrons. The lowest BCUT2D eigenvalue weighted by molar-refractivity contribution is -0.661. The molecule has 1 atom stereocenters. The van der Waals surface area contributed by atoms with Crippen LogP contribution in [-0.4, -0.2) is 0 Å². The Labute approximate surface area is 224 Å². The molecule has 2 aromatic heterocycles. The summed E-state index contributed by atoms with van der Waals surface area (Å²) in [6.45, 7) is 15.7. The van der Waals surface area contributed by atoms with Crippen LogP contribution in [0.2, 0.25) is 0 Å². The van der Waals surface area contributed by atoms with E-state index in [1.807, 2.05) is 0 Å². The van der Waals surface area contributed by atoms with Gasteiger partial charge in [-0.25, -0.2) is 9.13 Å². The molecule has 2 nitrogen and oxygen atoms in total. The molecule has 0 fully saturated rings. The van der Waals surface area contributed by atoms with Gasteiger partial charge in [-0.3, -0.25) is 0 Å². The van der Waals surface area contributed by atoms with Crippen molar-refractivity contribution in [1.29, 1.82) is 0 Å². The summed E-state index contributed by atoms with van der Waals surface area (Å²) in [7, 11) is 4.34. The van der Waals surface area contributed by atoms with Gasteiger partial charge in [-0.2, -0.15) is 0 Å². The summed E-state index contributed by atoms with van der Waals surface area (Å²) >= 11 is 0. The van der Waals surface area contributed by atoms with Crippen molar-refractivity contribution in [1.82, 2.24) is 0 Å². The molecule has 0 saturated heterocycles. The Morgan fingerprint density at radius 2 is 1.24 bits per heavy atom. The van der Waals surface area contributed by atoms with Gasteiger partial charge in [0.25, 0.3) is 0 Å². The Balaban J connectivity index is 1.50. The van der Waals surface area contributed by atoms with E-state index in [4.69, 9.17) is 0 Å². The summed E-state index contributed by atoms with van der Waals surface area (Å²) in [6.07, 6.45) is 6.83. The first-order valence-corrected chi connectivity index (χ1v) is 13.7. The summed E-state index contributed by atoms with van der Waals surface area (Å²) in [5.41, 5.74) is 14.8. The maximum absolute atomic E-state index is 2.40. The molecule has 4 aromatic rings. The Morgan fingerprint density at radius 1 is 0.622 bits per heavy atom. The molecule has 0 amide bonds. The van der Waals surface area contributed by atoms with E-state index in [2.05, 4.69) is 139 Å². The molecule has 2 aromatic carbocycles. The van der Waals surface area contributed by atoms with Gasteiger partial charge in [0.2, 0.25) is 11.4 Å². The second kappa shape index (κ2) is 11.0. The fourth-order valence-electron chi connectivity index (χ4n) is 5.50. The lowest BCUT2D eigenvalue weighted by Gasteiger charge is -2.15. The lowest BCUT2D eigenvalue weighted by Crippen LogP contribution is -2.32. The minimum atomic E-state index is 0.508. The monoisotopic (exact) mass is 492 g/mol. The predicted molar refractivity (Wildman–Crippen MR) is 156 cm³/mol. The third kappa shape index (κ3) is 5.85. The third-order valence-electron chi connectivity index (χ3n) is 8.01. The predicted octanol–water partition coefficient (Wildman–Crippen LogP) is 7.76. The van der Waals surface area contributed by atoms with Crippen molar-refractivity contribution in [2.24, 2.45) is 14.1 Å². The van der Waals surface area contributed by atoms with Gasteiger partial charge in [0.1, 0.15) is 14.1 Å². The average Bonchev–Trinajstić information content (AvgIpc) is 2.84. The number of benzene rings is 2. The Hall–Kier alpha value is -3.26. The van der Waals surface area contributed by atoms with Crippen molar-refractivity contribution >= 4 is 0 Å². The highest BCUT2D eigenvalue weighted by molar-refractivity contribution is 5.63. The molecule has 0 aliphatic carbocycles. The summed E-state index contributed by atoms with van der Waals surface area (Å²) in [5, 5.41) is 0. The van der Waals surface area contributed by atoms with E-state index in [-0.39, 0.29) is 0 Å². The topological polar surface area (TPSA) is 7.76 Å². The Morgan fingerprint density at radius 3 is 1.89 bits per heavy atom. The van der Waals surface area contributed by atoms with Crippen LogP contribution in [0.25, 0.3) is 22.5 Å². The van der Waals surface area contributed by atoms with Crippen LogP contribution in [0.4, 0.5) is 0 Å². The largest absolute Gasteiger partial charge is 0.212 e. The molecular weight excluding hydrogens is 448 g/mol. The zero-order valence-corrected chi connectivity index (χ0v) is 24.3. The van der Waals surface area contributed by atoms with Crippen molar-refractivity contribution in [3.8, 4) is 22.5 Å². The molecule has 0 N–H and O–H groups in total. The van der Waals surface area contributed by atoms with E-state index in [0.29, 0.717) is 11.8 Å². The van der Waals surface area contributed by atoms with E-state index >= 15 is 0 Å². The van der Waals surface area contributed by atoms with Crippen LogP contribution in [0.1, 0.15) is 78.0 Å². The van der Waals surface area contributed by atoms with Crippen molar-refractivity contribution in [3.63, 3.8) is 0 Å². The molecule has 2 heteroatoms. The molecule has 0 bridgehead atoms. The number of hydrogen-bond acceptors (Lipinski definition) is 0. The summed E-state index contributed by atoms with van der Waals surface area (Å²) < 4.78 is 4.57. The number of nitrogens with zero attached hydrogens (tertiary/aromatic N) is 2. The molecule has 2 heterocycles.